The van der Waals surface area contributed by atoms with E-state index in [1.165, 1.54) is 30.6 Å². The van der Waals surface area contributed by atoms with Gasteiger partial charge in [0.25, 0.3) is 0 Å². The molecule has 0 bridgehead atoms. The molecule has 0 spiro atoms. The van der Waals surface area contributed by atoms with Crippen LogP contribution in [0.3, 0.4) is 0 Å². The summed E-state index contributed by atoms with van der Waals surface area (Å²) in [6.45, 7) is 0. The van der Waals surface area contributed by atoms with Crippen molar-refractivity contribution in [1.29, 1.82) is 5.26 Å². The Kier molecular flexibility index (Phi) is 4.24. The van der Waals surface area contributed by atoms with Crippen LogP contribution < -0.4 is 5.63 Å². The number of rotatable bonds is 2. The first-order valence-corrected chi connectivity index (χ1v) is 9.15. The second-order valence-corrected chi connectivity index (χ2v) is 6.94. The molecule has 0 aliphatic rings. The third-order valence-electron chi connectivity index (χ3n) is 4.60. The van der Waals surface area contributed by atoms with Crippen LogP contribution in [0.4, 0.5) is 13.2 Å². The molecule has 0 atom stereocenters. The van der Waals surface area contributed by atoms with Crippen molar-refractivity contribution in [3.8, 4) is 23.5 Å². The zero-order valence-electron chi connectivity index (χ0n) is 15.5. The first-order chi connectivity index (χ1) is 15.3. The summed E-state index contributed by atoms with van der Waals surface area (Å²) in [4.78, 5) is 21.0. The summed E-state index contributed by atoms with van der Waals surface area (Å²) in [5, 5.41) is 19.9. The van der Waals surface area contributed by atoms with Crippen LogP contribution in [-0.4, -0.2) is 29.9 Å². The van der Waals surface area contributed by atoms with E-state index < -0.39 is 23.4 Å². The lowest BCUT2D eigenvalue weighted by molar-refractivity contribution is -0.141. The van der Waals surface area contributed by atoms with Gasteiger partial charge in [0.1, 0.15) is 22.7 Å². The Hall–Kier alpha value is -4.24. The fourth-order valence-corrected chi connectivity index (χ4v) is 3.42. The molecular formula is C19H7ClF3N7O2. The molecule has 9 nitrogen and oxygen atoms in total. The van der Waals surface area contributed by atoms with Crippen molar-refractivity contribution < 1.29 is 17.6 Å². The molecule has 32 heavy (non-hydrogen) atoms. The van der Waals surface area contributed by atoms with E-state index in [1.54, 1.807) is 0 Å². The van der Waals surface area contributed by atoms with Gasteiger partial charge in [0.05, 0.1) is 22.3 Å². The maximum atomic E-state index is 13.4. The summed E-state index contributed by atoms with van der Waals surface area (Å²) in [5.41, 5.74) is -2.30. The highest BCUT2D eigenvalue weighted by atomic mass is 35.5. The first-order valence-electron chi connectivity index (χ1n) is 8.77. The van der Waals surface area contributed by atoms with E-state index in [2.05, 4.69) is 25.3 Å². The van der Waals surface area contributed by atoms with Gasteiger partial charge >= 0.3 is 11.8 Å². The Morgan fingerprint density at radius 2 is 2.09 bits per heavy atom. The van der Waals surface area contributed by atoms with Crippen molar-refractivity contribution in [2.45, 2.75) is 6.18 Å². The van der Waals surface area contributed by atoms with Gasteiger partial charge in [-0.1, -0.05) is 11.6 Å². The number of pyridine rings is 1. The number of aromatic nitrogens is 6. The molecule has 5 rings (SSSR count). The molecule has 0 aliphatic heterocycles. The molecule has 0 unspecified atom stereocenters. The normalized spacial score (nSPS) is 11.8. The van der Waals surface area contributed by atoms with Crippen molar-refractivity contribution in [3.05, 3.63) is 63.4 Å². The number of nitriles is 1. The van der Waals surface area contributed by atoms with E-state index in [0.29, 0.717) is 11.5 Å². The molecular weight excluding hydrogens is 451 g/mol. The highest BCUT2D eigenvalue weighted by molar-refractivity contribution is 6.32. The van der Waals surface area contributed by atoms with Gasteiger partial charge in [-0.25, -0.2) is 19.4 Å². The molecule has 4 aromatic heterocycles. The van der Waals surface area contributed by atoms with Gasteiger partial charge in [-0.3, -0.25) is 5.10 Å². The summed E-state index contributed by atoms with van der Waals surface area (Å²) in [6.07, 6.45) is -2.08. The van der Waals surface area contributed by atoms with Gasteiger partial charge in [-0.05, 0) is 18.2 Å². The molecule has 13 heteroatoms. The van der Waals surface area contributed by atoms with Gasteiger partial charge in [0, 0.05) is 17.6 Å². The quantitative estimate of drug-likeness (QED) is 0.426. The minimum absolute atomic E-state index is 0.00518. The number of nitrogens with one attached hydrogen (secondary N) is 1. The van der Waals surface area contributed by atoms with Gasteiger partial charge in [0.2, 0.25) is 5.89 Å². The molecule has 0 radical (unpaired) electrons. The number of benzene rings is 1. The molecule has 1 aromatic carbocycles. The van der Waals surface area contributed by atoms with E-state index >= 15 is 0 Å². The lowest BCUT2D eigenvalue weighted by Gasteiger charge is -2.08. The number of aromatic amines is 1. The lowest BCUT2D eigenvalue weighted by atomic mass is 10.1. The minimum atomic E-state index is -4.81. The SMILES string of the molecule is N#Cc1cc2cn[nH]c2c2c(=O)oc(-c3cc(C(F)(F)F)nn3-c3ncccc3Cl)nc12. The Bertz CT molecular complexity index is 1630. The predicted molar refractivity (Wildman–Crippen MR) is 105 cm³/mol. The highest BCUT2D eigenvalue weighted by Gasteiger charge is 2.36. The van der Waals surface area contributed by atoms with Gasteiger partial charge in [-0.15, -0.1) is 0 Å². The third kappa shape index (κ3) is 2.98. The molecule has 0 aliphatic carbocycles. The second-order valence-electron chi connectivity index (χ2n) is 6.53. The first kappa shape index (κ1) is 19.7. The Balaban J connectivity index is 1.86. The lowest BCUT2D eigenvalue weighted by Crippen LogP contribution is -2.09. The minimum Gasteiger partial charge on any atom is -0.401 e. The summed E-state index contributed by atoms with van der Waals surface area (Å²) in [5.74, 6) is -0.628. The maximum absolute atomic E-state index is 13.4. The van der Waals surface area contributed by atoms with Crippen LogP contribution in [0.15, 0.2) is 45.9 Å². The monoisotopic (exact) mass is 457 g/mol. The standard InChI is InChI=1S/C19H7ClF3N7O2/c20-10-2-1-3-25-16(10)30-11(5-12(29-30)19(21,22)23)17-27-14-8(6-24)4-9-7-26-28-15(9)13(14)18(31)32-17/h1-5,7H,(H,26,28). The fraction of sp³-hybridized carbons (Fsp3) is 0.0526. The topological polar surface area (TPSA) is 126 Å². The highest BCUT2D eigenvalue weighted by Crippen LogP contribution is 2.34. The molecule has 0 saturated heterocycles. The van der Waals surface area contributed by atoms with Crippen molar-refractivity contribution >= 4 is 33.4 Å². The van der Waals surface area contributed by atoms with Gasteiger partial charge < -0.3 is 4.42 Å². The Labute approximate surface area is 179 Å². The van der Waals surface area contributed by atoms with Crippen molar-refractivity contribution in [1.82, 2.24) is 29.9 Å². The largest absolute Gasteiger partial charge is 0.435 e. The third-order valence-corrected chi connectivity index (χ3v) is 4.89. The van der Waals surface area contributed by atoms with E-state index in [-0.39, 0.29) is 38.5 Å². The molecule has 158 valence electrons. The van der Waals surface area contributed by atoms with E-state index in [9.17, 15) is 23.2 Å². The smallest absolute Gasteiger partial charge is 0.401 e. The molecule has 4 heterocycles. The van der Waals surface area contributed by atoms with Gasteiger partial charge in [0.15, 0.2) is 11.5 Å². The number of hydrogen-bond donors (Lipinski definition) is 1. The number of H-pyrrole nitrogens is 1. The average molecular weight is 458 g/mol. The molecule has 5 aromatic rings. The van der Waals surface area contributed by atoms with E-state index in [0.717, 1.165) is 4.68 Å². The Morgan fingerprint density at radius 1 is 1.28 bits per heavy atom. The van der Waals surface area contributed by atoms with Crippen LogP contribution in [0, 0.1) is 11.3 Å². The van der Waals surface area contributed by atoms with Crippen molar-refractivity contribution in [2.75, 3.05) is 0 Å². The summed E-state index contributed by atoms with van der Waals surface area (Å²) >= 11 is 6.10. The average Bonchev–Trinajstić information content (AvgIpc) is 3.40. The number of halogens is 4. The molecule has 0 amide bonds. The number of alkyl halides is 3. The van der Waals surface area contributed by atoms with E-state index in [1.807, 2.05) is 6.07 Å². The fourth-order valence-electron chi connectivity index (χ4n) is 3.22. The molecule has 0 fully saturated rings. The number of fused-ring (bicyclic) bond motifs is 3. The van der Waals surface area contributed by atoms with Gasteiger partial charge in [-0.2, -0.15) is 28.6 Å². The molecule has 1 N–H and O–H groups in total. The van der Waals surface area contributed by atoms with Crippen molar-refractivity contribution in [2.24, 2.45) is 0 Å². The number of hydrogen-bond acceptors (Lipinski definition) is 7. The summed E-state index contributed by atoms with van der Waals surface area (Å²) in [6, 6.07) is 6.93. The van der Waals surface area contributed by atoms with Crippen LogP contribution in [0.1, 0.15) is 11.3 Å². The summed E-state index contributed by atoms with van der Waals surface area (Å²) < 4.78 is 46.3. The summed E-state index contributed by atoms with van der Waals surface area (Å²) in [7, 11) is 0. The van der Waals surface area contributed by atoms with Crippen LogP contribution >= 0.6 is 11.6 Å². The van der Waals surface area contributed by atoms with Crippen LogP contribution in [0.5, 0.6) is 0 Å². The van der Waals surface area contributed by atoms with Crippen LogP contribution in [0.25, 0.3) is 39.2 Å². The second kappa shape index (κ2) is 6.89. The van der Waals surface area contributed by atoms with Crippen molar-refractivity contribution in [3.63, 3.8) is 0 Å². The number of nitrogens with zero attached hydrogens (tertiary/aromatic N) is 6. The van der Waals surface area contributed by atoms with E-state index in [4.69, 9.17) is 16.0 Å². The zero-order valence-corrected chi connectivity index (χ0v) is 16.2. The molecule has 0 saturated carbocycles. The zero-order chi connectivity index (χ0) is 22.6. The predicted octanol–water partition coefficient (Wildman–Crippen LogP) is 3.86. The maximum Gasteiger partial charge on any atom is 0.435 e. The van der Waals surface area contributed by atoms with Crippen LogP contribution in [-0.2, 0) is 6.18 Å². The Morgan fingerprint density at radius 3 is 2.81 bits per heavy atom. The van der Waals surface area contributed by atoms with Crippen LogP contribution in [0.2, 0.25) is 5.02 Å².